The average Bonchev–Trinajstić information content (AvgIpc) is 2.21. The Hall–Kier alpha value is -1.40. The maximum absolute atomic E-state index is 10.2. The van der Waals surface area contributed by atoms with E-state index >= 15 is 0 Å². The summed E-state index contributed by atoms with van der Waals surface area (Å²) in [7, 11) is 0. The lowest BCUT2D eigenvalue weighted by Crippen LogP contribution is -1.88. The second-order valence-corrected chi connectivity index (χ2v) is 3.27. The number of rotatable bonds is 4. The highest BCUT2D eigenvalue weighted by atomic mass is 16.1. The summed E-state index contributed by atoms with van der Waals surface area (Å²) < 4.78 is 0. The smallest absolute Gasteiger partial charge is 0.211 e. The minimum atomic E-state index is 0.763. The fourth-order valence-electron chi connectivity index (χ4n) is 1.49. The van der Waals surface area contributed by atoms with Crippen molar-refractivity contribution in [2.24, 2.45) is 4.99 Å². The molecule has 0 aliphatic rings. The van der Waals surface area contributed by atoms with E-state index in [1.807, 2.05) is 12.1 Å². The lowest BCUT2D eigenvalue weighted by molar-refractivity contribution is 0.565. The molecule has 1 aromatic rings. The maximum Gasteiger partial charge on any atom is 0.240 e. The van der Waals surface area contributed by atoms with E-state index in [9.17, 15) is 4.79 Å². The minimum Gasteiger partial charge on any atom is -0.211 e. The molecular formula is C12H15NO. The topological polar surface area (TPSA) is 29.4 Å². The predicted molar refractivity (Wildman–Crippen MR) is 57.6 cm³/mol. The van der Waals surface area contributed by atoms with Gasteiger partial charge in [0.05, 0.1) is 5.69 Å². The van der Waals surface area contributed by atoms with E-state index in [0.29, 0.717) is 0 Å². The summed E-state index contributed by atoms with van der Waals surface area (Å²) in [4.78, 5) is 13.9. The molecule has 0 aromatic heterocycles. The number of aliphatic imine (C=N–C) groups is 1. The molecule has 0 N–H and O–H groups in total. The zero-order valence-corrected chi connectivity index (χ0v) is 8.71. The van der Waals surface area contributed by atoms with Gasteiger partial charge in [-0.1, -0.05) is 32.4 Å². The highest BCUT2D eigenvalue weighted by Crippen LogP contribution is 2.21. The van der Waals surface area contributed by atoms with Crippen molar-refractivity contribution >= 4 is 11.8 Å². The van der Waals surface area contributed by atoms with Crippen LogP contribution in [0.4, 0.5) is 5.69 Å². The summed E-state index contributed by atoms with van der Waals surface area (Å²) in [6, 6.07) is 6.03. The number of benzene rings is 1. The zero-order chi connectivity index (χ0) is 10.4. The maximum atomic E-state index is 10.2. The van der Waals surface area contributed by atoms with Gasteiger partial charge in [0.2, 0.25) is 6.08 Å². The van der Waals surface area contributed by atoms with Gasteiger partial charge in [0, 0.05) is 0 Å². The molecule has 0 fully saturated rings. The van der Waals surface area contributed by atoms with Gasteiger partial charge in [0.15, 0.2) is 0 Å². The second-order valence-electron chi connectivity index (χ2n) is 3.27. The molecule has 2 nitrogen and oxygen atoms in total. The van der Waals surface area contributed by atoms with Crippen LogP contribution in [0, 0.1) is 0 Å². The standard InChI is InChI=1S/C12H15NO/c1-3-5-11-8-10(4-2)6-7-12(11)13-9-14/h6-8H,3-5H2,1-2H3. The summed E-state index contributed by atoms with van der Waals surface area (Å²) in [5.41, 5.74) is 3.20. The molecule has 0 spiro atoms. The van der Waals surface area contributed by atoms with Crippen LogP contribution in [0.25, 0.3) is 0 Å². The van der Waals surface area contributed by atoms with E-state index in [1.54, 1.807) is 6.08 Å². The Bertz CT molecular complexity index is 351. The van der Waals surface area contributed by atoms with E-state index in [2.05, 4.69) is 24.9 Å². The summed E-state index contributed by atoms with van der Waals surface area (Å²) >= 11 is 0. The first-order valence-corrected chi connectivity index (χ1v) is 5.01. The van der Waals surface area contributed by atoms with Gasteiger partial charge < -0.3 is 0 Å². The lowest BCUT2D eigenvalue weighted by Gasteiger charge is -2.05. The van der Waals surface area contributed by atoms with Crippen LogP contribution in [0.2, 0.25) is 0 Å². The monoisotopic (exact) mass is 189 g/mol. The third-order valence-corrected chi connectivity index (χ3v) is 2.24. The molecule has 0 radical (unpaired) electrons. The lowest BCUT2D eigenvalue weighted by atomic mass is 10.0. The Morgan fingerprint density at radius 3 is 2.71 bits per heavy atom. The minimum absolute atomic E-state index is 0.763. The molecular weight excluding hydrogens is 174 g/mol. The molecule has 0 aliphatic heterocycles. The van der Waals surface area contributed by atoms with Crippen LogP contribution >= 0.6 is 0 Å². The van der Waals surface area contributed by atoms with Crippen molar-refractivity contribution < 1.29 is 4.79 Å². The Kier molecular flexibility index (Phi) is 4.09. The van der Waals surface area contributed by atoms with Crippen molar-refractivity contribution in [3.05, 3.63) is 29.3 Å². The van der Waals surface area contributed by atoms with Crippen molar-refractivity contribution in [2.75, 3.05) is 0 Å². The van der Waals surface area contributed by atoms with Gasteiger partial charge in [-0.25, -0.2) is 4.79 Å². The number of nitrogens with zero attached hydrogens (tertiary/aromatic N) is 1. The van der Waals surface area contributed by atoms with Crippen molar-refractivity contribution in [1.29, 1.82) is 0 Å². The first-order chi connectivity index (χ1) is 6.81. The molecule has 0 heterocycles. The van der Waals surface area contributed by atoms with Crippen LogP contribution < -0.4 is 0 Å². The van der Waals surface area contributed by atoms with E-state index in [1.165, 1.54) is 5.56 Å². The van der Waals surface area contributed by atoms with Crippen molar-refractivity contribution in [1.82, 2.24) is 0 Å². The molecule has 0 atom stereocenters. The van der Waals surface area contributed by atoms with Crippen molar-refractivity contribution in [3.63, 3.8) is 0 Å². The quantitative estimate of drug-likeness (QED) is 0.528. The normalized spacial score (nSPS) is 9.57. The summed E-state index contributed by atoms with van der Waals surface area (Å²) in [6.07, 6.45) is 4.64. The summed E-state index contributed by atoms with van der Waals surface area (Å²) in [6.45, 7) is 4.24. The molecule has 1 rings (SSSR count). The van der Waals surface area contributed by atoms with Gasteiger partial charge in [0.1, 0.15) is 0 Å². The molecule has 1 aromatic carbocycles. The Morgan fingerprint density at radius 2 is 2.14 bits per heavy atom. The molecule has 0 saturated carbocycles. The molecule has 2 heteroatoms. The molecule has 74 valence electrons. The fourth-order valence-corrected chi connectivity index (χ4v) is 1.49. The highest BCUT2D eigenvalue weighted by Gasteiger charge is 2.01. The van der Waals surface area contributed by atoms with Gasteiger partial charge in [0.25, 0.3) is 0 Å². The van der Waals surface area contributed by atoms with E-state index in [-0.39, 0.29) is 0 Å². The van der Waals surface area contributed by atoms with Gasteiger partial charge in [-0.15, -0.1) is 0 Å². The Balaban J connectivity index is 3.09. The van der Waals surface area contributed by atoms with E-state index in [4.69, 9.17) is 0 Å². The van der Waals surface area contributed by atoms with Crippen LogP contribution in [0.3, 0.4) is 0 Å². The molecule has 0 unspecified atom stereocenters. The fraction of sp³-hybridized carbons (Fsp3) is 0.417. The second kappa shape index (κ2) is 5.36. The first kappa shape index (κ1) is 10.7. The van der Waals surface area contributed by atoms with E-state index < -0.39 is 0 Å². The van der Waals surface area contributed by atoms with Crippen molar-refractivity contribution in [3.8, 4) is 0 Å². The zero-order valence-electron chi connectivity index (χ0n) is 8.71. The predicted octanol–water partition coefficient (Wildman–Crippen LogP) is 3.17. The van der Waals surface area contributed by atoms with Crippen LogP contribution in [-0.2, 0) is 17.6 Å². The van der Waals surface area contributed by atoms with Gasteiger partial charge in [-0.2, -0.15) is 4.99 Å². The van der Waals surface area contributed by atoms with Gasteiger partial charge in [-0.3, -0.25) is 0 Å². The SMILES string of the molecule is CCCc1cc(CC)ccc1N=C=O. The molecule has 0 amide bonds. The van der Waals surface area contributed by atoms with Gasteiger partial charge in [-0.05, 0) is 30.0 Å². The third kappa shape index (κ3) is 2.54. The number of isocyanates is 1. The first-order valence-electron chi connectivity index (χ1n) is 5.01. The Labute approximate surface area is 84.7 Å². The Morgan fingerprint density at radius 1 is 1.36 bits per heavy atom. The van der Waals surface area contributed by atoms with Crippen LogP contribution in [0.15, 0.2) is 23.2 Å². The average molecular weight is 189 g/mol. The largest absolute Gasteiger partial charge is 0.240 e. The number of hydrogen-bond donors (Lipinski definition) is 0. The molecule has 0 saturated heterocycles. The van der Waals surface area contributed by atoms with Gasteiger partial charge >= 0.3 is 0 Å². The molecule has 0 aliphatic carbocycles. The van der Waals surface area contributed by atoms with Crippen LogP contribution in [0.1, 0.15) is 31.4 Å². The molecule has 0 bridgehead atoms. The highest BCUT2D eigenvalue weighted by molar-refractivity contribution is 5.54. The van der Waals surface area contributed by atoms with Crippen LogP contribution in [-0.4, -0.2) is 6.08 Å². The number of carbonyl (C=O) groups excluding carboxylic acids is 1. The number of hydrogen-bond acceptors (Lipinski definition) is 2. The number of aryl methyl sites for hydroxylation is 2. The summed E-state index contributed by atoms with van der Waals surface area (Å²) in [5, 5.41) is 0. The van der Waals surface area contributed by atoms with E-state index in [0.717, 1.165) is 30.5 Å². The summed E-state index contributed by atoms with van der Waals surface area (Å²) in [5.74, 6) is 0. The third-order valence-electron chi connectivity index (χ3n) is 2.24. The van der Waals surface area contributed by atoms with Crippen molar-refractivity contribution in [2.45, 2.75) is 33.1 Å². The molecule has 14 heavy (non-hydrogen) atoms. The van der Waals surface area contributed by atoms with Crippen LogP contribution in [0.5, 0.6) is 0 Å².